The maximum absolute atomic E-state index is 12.0. The third-order valence-corrected chi connectivity index (χ3v) is 10.1. The van der Waals surface area contributed by atoms with Crippen LogP contribution in [0, 0.1) is 51.8 Å². The summed E-state index contributed by atoms with van der Waals surface area (Å²) in [6, 6.07) is 0. The van der Waals surface area contributed by atoms with Crippen molar-refractivity contribution in [2.24, 2.45) is 51.8 Å². The molecular formula is C45H76O2. The van der Waals surface area contributed by atoms with Gasteiger partial charge in [0.05, 0.1) is 5.60 Å². The molecule has 0 unspecified atom stereocenters. The van der Waals surface area contributed by atoms with Crippen molar-refractivity contribution >= 4 is 5.78 Å². The van der Waals surface area contributed by atoms with Crippen LogP contribution in [-0.4, -0.2) is 16.5 Å². The predicted molar refractivity (Wildman–Crippen MR) is 207 cm³/mol. The van der Waals surface area contributed by atoms with Gasteiger partial charge in [-0.05, 0) is 122 Å². The van der Waals surface area contributed by atoms with Crippen molar-refractivity contribution in [1.29, 1.82) is 0 Å². The Balaban J connectivity index is 0.000000353. The molecule has 4 atom stereocenters. The van der Waals surface area contributed by atoms with Crippen LogP contribution in [0.15, 0.2) is 64.0 Å². The number of ketones is 1. The maximum atomic E-state index is 12.0. The molecule has 3 aliphatic rings. The van der Waals surface area contributed by atoms with Crippen molar-refractivity contribution in [2.75, 3.05) is 0 Å². The molecular weight excluding hydrogens is 572 g/mol. The first kappa shape index (κ1) is 43.1. The standard InChI is InChI=1S/C15H26O.C15H24O.C15H26/c1-11(2)7-8-13-14(4,5)9-12(3)10-15(13,6)16;1-10(2)7-8-13-12(4)14(16)11(3)9-15(13,5)6;1-11(2)7-8-14-13(4)9-12(3)10-15(14,5)6/h7,11-12,16H,9-10H2,1-6H3;7-8,10-11H,9H2,1-6H3;7-8,11-12H,9-10H2,1-6H3/b;2*8-7+/t8?,12-,15+;11-;12-/m001/s1. The number of hydrogen-bond acceptors (Lipinski definition) is 2. The molecule has 0 radical (unpaired) electrons. The molecule has 3 aliphatic carbocycles. The van der Waals surface area contributed by atoms with Crippen molar-refractivity contribution < 1.29 is 9.90 Å². The van der Waals surface area contributed by atoms with Gasteiger partial charge in [-0.2, -0.15) is 0 Å². The number of carbonyl (C=O) groups excluding carboxylic acids is 1. The molecule has 0 aromatic heterocycles. The second-order valence-corrected chi connectivity index (χ2v) is 18.8. The predicted octanol–water partition coefficient (Wildman–Crippen LogP) is 13.1. The normalized spacial score (nSPS) is 28.9. The lowest BCUT2D eigenvalue weighted by atomic mass is 9.63. The lowest BCUT2D eigenvalue weighted by molar-refractivity contribution is -0.120. The molecule has 2 nitrogen and oxygen atoms in total. The topological polar surface area (TPSA) is 37.3 Å². The van der Waals surface area contributed by atoms with Gasteiger partial charge in [0.15, 0.2) is 5.78 Å². The molecule has 0 spiro atoms. The zero-order chi connectivity index (χ0) is 36.7. The minimum absolute atomic E-state index is 0.0621. The van der Waals surface area contributed by atoms with Gasteiger partial charge in [0, 0.05) is 11.5 Å². The number of carbonyl (C=O) groups is 1. The van der Waals surface area contributed by atoms with Crippen LogP contribution in [-0.2, 0) is 4.79 Å². The van der Waals surface area contributed by atoms with Crippen LogP contribution in [0.2, 0.25) is 0 Å². The molecule has 3 rings (SSSR count). The first-order valence-electron chi connectivity index (χ1n) is 18.8. The SMILES string of the molecule is CC(C)C=C=C1C(C)(C)C[C@H](C)C[C@@]1(C)O.CC1=C(/C=C/C(C)C)C(C)(C)C[C@H](C)C1.CC1=C(/C=C/C(C)C)C(C)(C)C[C@H](C)C1=O. The largest absolute Gasteiger partial charge is 0.385 e. The minimum Gasteiger partial charge on any atom is -0.385 e. The van der Waals surface area contributed by atoms with Gasteiger partial charge in [0.2, 0.25) is 0 Å². The lowest BCUT2D eigenvalue weighted by Gasteiger charge is -2.44. The van der Waals surface area contributed by atoms with Crippen molar-refractivity contribution in [3.05, 3.63) is 64.0 Å². The summed E-state index contributed by atoms with van der Waals surface area (Å²) in [6.45, 7) is 39.6. The van der Waals surface area contributed by atoms with Gasteiger partial charge < -0.3 is 5.11 Å². The molecule has 2 heteroatoms. The van der Waals surface area contributed by atoms with Gasteiger partial charge >= 0.3 is 0 Å². The van der Waals surface area contributed by atoms with Gasteiger partial charge in [-0.3, -0.25) is 4.79 Å². The van der Waals surface area contributed by atoms with Crippen molar-refractivity contribution in [1.82, 2.24) is 0 Å². The Kier molecular flexibility index (Phi) is 15.8. The number of allylic oxidation sites excluding steroid dienone is 8. The highest BCUT2D eigenvalue weighted by Crippen LogP contribution is 2.48. The maximum Gasteiger partial charge on any atom is 0.161 e. The second kappa shape index (κ2) is 17.2. The fourth-order valence-corrected chi connectivity index (χ4v) is 8.69. The third kappa shape index (κ3) is 13.2. The minimum atomic E-state index is -0.688. The van der Waals surface area contributed by atoms with E-state index < -0.39 is 5.60 Å². The van der Waals surface area contributed by atoms with Crippen LogP contribution in [0.25, 0.3) is 0 Å². The van der Waals surface area contributed by atoms with Gasteiger partial charge in [-0.25, -0.2) is 0 Å². The first-order valence-corrected chi connectivity index (χ1v) is 18.8. The molecule has 268 valence electrons. The van der Waals surface area contributed by atoms with E-state index in [4.69, 9.17) is 0 Å². The summed E-state index contributed by atoms with van der Waals surface area (Å²) in [5, 5.41) is 10.5. The second-order valence-electron chi connectivity index (χ2n) is 18.8. The van der Waals surface area contributed by atoms with Gasteiger partial charge in [0.1, 0.15) is 0 Å². The van der Waals surface area contributed by atoms with Crippen LogP contribution in [0.1, 0.15) is 157 Å². The van der Waals surface area contributed by atoms with E-state index in [1.54, 1.807) is 11.1 Å². The fourth-order valence-electron chi connectivity index (χ4n) is 8.69. The molecule has 0 aliphatic heterocycles. The average Bonchev–Trinajstić information content (AvgIpc) is 2.84. The van der Waals surface area contributed by atoms with E-state index in [1.165, 1.54) is 18.4 Å². The van der Waals surface area contributed by atoms with E-state index in [-0.39, 0.29) is 16.7 Å². The summed E-state index contributed by atoms with van der Waals surface area (Å²) < 4.78 is 0. The molecule has 1 saturated carbocycles. The zero-order valence-corrected chi connectivity index (χ0v) is 34.2. The molecule has 47 heavy (non-hydrogen) atoms. The molecule has 1 N–H and O–H groups in total. The molecule has 0 amide bonds. The lowest BCUT2D eigenvalue weighted by Crippen LogP contribution is -2.42. The van der Waals surface area contributed by atoms with Gasteiger partial charge in [-0.1, -0.05) is 134 Å². The summed E-state index contributed by atoms with van der Waals surface area (Å²) >= 11 is 0. The molecule has 0 aromatic rings. The van der Waals surface area contributed by atoms with Crippen LogP contribution < -0.4 is 0 Å². The van der Waals surface area contributed by atoms with E-state index in [0.29, 0.717) is 34.9 Å². The Morgan fingerprint density at radius 1 is 0.681 bits per heavy atom. The Labute approximate surface area is 293 Å². The van der Waals surface area contributed by atoms with E-state index in [2.05, 4.69) is 140 Å². The van der Waals surface area contributed by atoms with E-state index in [1.807, 2.05) is 20.8 Å². The van der Waals surface area contributed by atoms with Crippen LogP contribution in [0.4, 0.5) is 0 Å². The highest BCUT2D eigenvalue weighted by Gasteiger charge is 2.43. The third-order valence-electron chi connectivity index (χ3n) is 10.1. The molecule has 1 fully saturated rings. The zero-order valence-electron chi connectivity index (χ0n) is 34.2. The van der Waals surface area contributed by atoms with Crippen LogP contribution in [0.3, 0.4) is 0 Å². The van der Waals surface area contributed by atoms with Crippen molar-refractivity contribution in [3.63, 3.8) is 0 Å². The van der Waals surface area contributed by atoms with E-state index >= 15 is 0 Å². The Morgan fingerprint density at radius 3 is 1.60 bits per heavy atom. The summed E-state index contributed by atoms with van der Waals surface area (Å²) in [5.74, 6) is 3.59. The Bertz CT molecular complexity index is 1220. The van der Waals surface area contributed by atoms with Gasteiger partial charge in [0.25, 0.3) is 0 Å². The number of aliphatic hydroxyl groups is 1. The van der Waals surface area contributed by atoms with Crippen molar-refractivity contribution in [3.8, 4) is 0 Å². The Hall–Kier alpha value is -1.89. The summed E-state index contributed by atoms with van der Waals surface area (Å²) in [4.78, 5) is 12.0. The van der Waals surface area contributed by atoms with E-state index in [9.17, 15) is 9.90 Å². The monoisotopic (exact) mass is 649 g/mol. The number of Topliss-reactive ketones (excluding diaryl/α,β-unsaturated/α-hetero) is 1. The number of rotatable bonds is 5. The summed E-state index contributed by atoms with van der Waals surface area (Å²) in [6.07, 6.45) is 16.7. The molecule has 0 heterocycles. The van der Waals surface area contributed by atoms with E-state index in [0.717, 1.165) is 36.3 Å². The molecule has 0 saturated heterocycles. The van der Waals surface area contributed by atoms with Crippen molar-refractivity contribution in [2.45, 2.75) is 162 Å². The highest BCUT2D eigenvalue weighted by molar-refractivity contribution is 5.98. The summed E-state index contributed by atoms with van der Waals surface area (Å²) in [5.41, 5.74) is 9.67. The smallest absolute Gasteiger partial charge is 0.161 e. The van der Waals surface area contributed by atoms with Gasteiger partial charge in [-0.15, -0.1) is 5.73 Å². The first-order chi connectivity index (χ1) is 21.2. The highest BCUT2D eigenvalue weighted by atomic mass is 16.3. The molecule has 0 aromatic carbocycles. The Morgan fingerprint density at radius 2 is 1.15 bits per heavy atom. The fraction of sp³-hybridized carbons (Fsp3) is 0.733. The average molecular weight is 649 g/mol. The molecule has 0 bridgehead atoms. The van der Waals surface area contributed by atoms with Crippen LogP contribution in [0.5, 0.6) is 0 Å². The van der Waals surface area contributed by atoms with Crippen LogP contribution >= 0.6 is 0 Å². The summed E-state index contributed by atoms with van der Waals surface area (Å²) in [7, 11) is 0. The number of hydrogen-bond donors (Lipinski definition) is 1. The quantitative estimate of drug-likeness (QED) is 0.301.